The lowest BCUT2D eigenvalue weighted by molar-refractivity contribution is -0.125. The average Bonchev–Trinajstić information content (AvgIpc) is 3.22. The van der Waals surface area contributed by atoms with Crippen LogP contribution in [0.5, 0.6) is 0 Å². The number of rotatable bonds is 9. The summed E-state index contributed by atoms with van der Waals surface area (Å²) in [6, 6.07) is 13.3. The predicted octanol–water partition coefficient (Wildman–Crippen LogP) is 3.82. The average molecular weight is 443 g/mol. The highest BCUT2D eigenvalue weighted by atomic mass is 35.5. The summed E-state index contributed by atoms with van der Waals surface area (Å²) in [5, 5.41) is 14.6. The van der Waals surface area contributed by atoms with Crippen LogP contribution in [0, 0.1) is 0 Å². The molecule has 160 valence electrons. The molecule has 2 aromatic carbocycles. The van der Waals surface area contributed by atoms with E-state index < -0.39 is 24.4 Å². The summed E-state index contributed by atoms with van der Waals surface area (Å²) in [4.78, 5) is 35.3. The summed E-state index contributed by atoms with van der Waals surface area (Å²) in [5.41, 5.74) is 2.56. The van der Waals surface area contributed by atoms with Gasteiger partial charge in [0.25, 0.3) is 0 Å². The Morgan fingerprint density at radius 1 is 0.968 bits per heavy atom. The number of nitrogens with one attached hydrogen (secondary N) is 2. The number of anilines is 2. The van der Waals surface area contributed by atoms with E-state index in [2.05, 4.69) is 10.6 Å². The molecule has 2 amide bonds. The van der Waals surface area contributed by atoms with Crippen LogP contribution < -0.4 is 10.6 Å². The highest BCUT2D eigenvalue weighted by Gasteiger charge is 2.14. The molecule has 8 nitrogen and oxygen atoms in total. The molecule has 9 heteroatoms. The van der Waals surface area contributed by atoms with Crippen molar-refractivity contribution in [2.45, 2.75) is 6.42 Å². The molecule has 3 N–H and O–H groups in total. The number of furan rings is 1. The molecule has 1 aromatic heterocycles. The zero-order valence-electron chi connectivity index (χ0n) is 16.3. The van der Waals surface area contributed by atoms with Crippen molar-refractivity contribution in [3.63, 3.8) is 0 Å². The van der Waals surface area contributed by atoms with Gasteiger partial charge in [0.05, 0.1) is 23.8 Å². The summed E-state index contributed by atoms with van der Waals surface area (Å²) in [7, 11) is 0. The van der Waals surface area contributed by atoms with Crippen LogP contribution in [-0.2, 0) is 20.7 Å². The van der Waals surface area contributed by atoms with Gasteiger partial charge < -0.3 is 24.9 Å². The molecule has 0 spiro atoms. The van der Waals surface area contributed by atoms with E-state index in [-0.39, 0.29) is 22.9 Å². The first kappa shape index (κ1) is 22.1. The van der Waals surface area contributed by atoms with Crippen LogP contribution in [0.1, 0.15) is 21.5 Å². The van der Waals surface area contributed by atoms with Gasteiger partial charge in [-0.3, -0.25) is 9.59 Å². The second-order valence-corrected chi connectivity index (χ2v) is 7.03. The molecule has 0 saturated heterocycles. The van der Waals surface area contributed by atoms with Crippen LogP contribution in [0.4, 0.5) is 11.4 Å². The quantitative estimate of drug-likeness (QED) is 0.463. The van der Waals surface area contributed by atoms with Crippen molar-refractivity contribution in [3.05, 3.63) is 82.8 Å². The normalized spacial score (nSPS) is 10.5. The fraction of sp³-hybridized carbons (Fsp3) is 0.136. The number of aromatic carboxylic acids is 1. The highest BCUT2D eigenvalue weighted by molar-refractivity contribution is 6.31. The van der Waals surface area contributed by atoms with Gasteiger partial charge in [0.2, 0.25) is 11.8 Å². The first-order valence-corrected chi connectivity index (χ1v) is 9.59. The molecule has 0 atom stereocenters. The number of carboxylic acids is 1. The number of halogens is 1. The predicted molar refractivity (Wildman–Crippen MR) is 114 cm³/mol. The summed E-state index contributed by atoms with van der Waals surface area (Å²) in [6.45, 7) is -0.762. The minimum absolute atomic E-state index is 0.0874. The van der Waals surface area contributed by atoms with Gasteiger partial charge in [-0.2, -0.15) is 0 Å². The van der Waals surface area contributed by atoms with Crippen LogP contribution in [0.3, 0.4) is 0 Å². The van der Waals surface area contributed by atoms with Crippen molar-refractivity contribution in [3.8, 4) is 0 Å². The third-order valence-corrected chi connectivity index (χ3v) is 4.39. The van der Waals surface area contributed by atoms with Gasteiger partial charge in [0.15, 0.2) is 0 Å². The number of amides is 2. The van der Waals surface area contributed by atoms with Crippen molar-refractivity contribution in [1.82, 2.24) is 0 Å². The molecule has 0 aliphatic carbocycles. The largest absolute Gasteiger partial charge is 0.478 e. The number of carbonyl (C=O) groups is 3. The van der Waals surface area contributed by atoms with Crippen LogP contribution in [-0.4, -0.2) is 36.1 Å². The monoisotopic (exact) mass is 442 g/mol. The Morgan fingerprint density at radius 2 is 1.74 bits per heavy atom. The Hall–Kier alpha value is -3.62. The van der Waals surface area contributed by atoms with Crippen molar-refractivity contribution in [2.24, 2.45) is 0 Å². The molecular formula is C22H19ClN2O6. The minimum atomic E-state index is -1.23. The second-order valence-electron chi connectivity index (χ2n) is 6.59. The molecule has 31 heavy (non-hydrogen) atoms. The van der Waals surface area contributed by atoms with E-state index in [0.29, 0.717) is 12.1 Å². The van der Waals surface area contributed by atoms with Crippen LogP contribution in [0.25, 0.3) is 0 Å². The fourth-order valence-corrected chi connectivity index (χ4v) is 2.98. The van der Waals surface area contributed by atoms with Gasteiger partial charge in [0.1, 0.15) is 13.2 Å². The molecule has 0 aliphatic heterocycles. The first-order valence-electron chi connectivity index (χ1n) is 9.21. The van der Waals surface area contributed by atoms with Gasteiger partial charge in [-0.05, 0) is 47.5 Å². The zero-order chi connectivity index (χ0) is 22.2. The third-order valence-electron chi connectivity index (χ3n) is 4.15. The van der Waals surface area contributed by atoms with E-state index in [9.17, 15) is 19.5 Å². The number of carboxylic acid groups (broad SMARTS) is 1. The maximum Gasteiger partial charge on any atom is 0.337 e. The molecular weight excluding hydrogens is 424 g/mol. The van der Waals surface area contributed by atoms with Crippen molar-refractivity contribution >= 4 is 40.8 Å². The summed E-state index contributed by atoms with van der Waals surface area (Å²) in [5.74, 6) is -2.25. The number of benzene rings is 2. The molecule has 0 aliphatic rings. The number of carbonyl (C=O) groups excluding carboxylic acids is 2. The lowest BCUT2D eigenvalue weighted by atomic mass is 10.1. The lowest BCUT2D eigenvalue weighted by Gasteiger charge is -2.10. The van der Waals surface area contributed by atoms with Crippen molar-refractivity contribution in [2.75, 3.05) is 23.8 Å². The van der Waals surface area contributed by atoms with E-state index in [1.54, 1.807) is 18.6 Å². The Bertz CT molecular complexity index is 1080. The minimum Gasteiger partial charge on any atom is -0.478 e. The van der Waals surface area contributed by atoms with Crippen molar-refractivity contribution < 1.29 is 28.6 Å². The molecule has 0 saturated carbocycles. The van der Waals surface area contributed by atoms with Gasteiger partial charge in [-0.1, -0.05) is 23.7 Å². The number of ether oxygens (including phenoxy) is 1. The van der Waals surface area contributed by atoms with E-state index in [1.807, 2.05) is 24.3 Å². The Morgan fingerprint density at radius 3 is 2.45 bits per heavy atom. The van der Waals surface area contributed by atoms with Crippen LogP contribution >= 0.6 is 11.6 Å². The van der Waals surface area contributed by atoms with Crippen LogP contribution in [0.2, 0.25) is 5.02 Å². The Labute approximate surface area is 182 Å². The smallest absolute Gasteiger partial charge is 0.337 e. The van der Waals surface area contributed by atoms with Gasteiger partial charge >= 0.3 is 5.97 Å². The topological polar surface area (TPSA) is 118 Å². The summed E-state index contributed by atoms with van der Waals surface area (Å²) < 4.78 is 10.2. The molecule has 3 aromatic rings. The van der Waals surface area contributed by atoms with Gasteiger partial charge in [-0.15, -0.1) is 0 Å². The molecule has 3 rings (SSSR count). The van der Waals surface area contributed by atoms with E-state index >= 15 is 0 Å². The van der Waals surface area contributed by atoms with E-state index in [1.165, 1.54) is 18.2 Å². The molecule has 0 bridgehead atoms. The van der Waals surface area contributed by atoms with Crippen LogP contribution in [0.15, 0.2) is 65.5 Å². The SMILES string of the molecule is O=C(COCC(=O)Nc1ccc(Cl)cc1C(=O)O)Nc1cccc(Cc2ccoc2)c1. The third kappa shape index (κ3) is 6.70. The number of hydrogen-bond acceptors (Lipinski definition) is 5. The summed E-state index contributed by atoms with van der Waals surface area (Å²) >= 11 is 5.78. The van der Waals surface area contributed by atoms with Gasteiger partial charge in [0, 0.05) is 17.1 Å². The summed E-state index contributed by atoms with van der Waals surface area (Å²) in [6.07, 6.45) is 3.93. The molecule has 0 radical (unpaired) electrons. The zero-order valence-corrected chi connectivity index (χ0v) is 17.0. The fourth-order valence-electron chi connectivity index (χ4n) is 2.81. The maximum absolute atomic E-state index is 12.1. The second kappa shape index (κ2) is 10.4. The van der Waals surface area contributed by atoms with E-state index in [0.717, 1.165) is 11.1 Å². The Balaban J connectivity index is 1.46. The first-order chi connectivity index (χ1) is 14.9. The van der Waals surface area contributed by atoms with E-state index in [4.69, 9.17) is 20.8 Å². The molecule has 1 heterocycles. The Kier molecular flexibility index (Phi) is 7.42. The maximum atomic E-state index is 12.1. The molecule has 0 fully saturated rings. The standard InChI is InChI=1S/C22H19ClN2O6/c23-16-4-5-19(18(10-16)22(28)29)25-21(27)13-31-12-20(26)24-17-3-1-2-14(9-17)8-15-6-7-30-11-15/h1-7,9-11H,8,12-13H2,(H,24,26)(H,25,27)(H,28,29). The lowest BCUT2D eigenvalue weighted by Crippen LogP contribution is -2.24. The van der Waals surface area contributed by atoms with Gasteiger partial charge in [-0.25, -0.2) is 4.79 Å². The van der Waals surface area contributed by atoms with Crippen molar-refractivity contribution in [1.29, 1.82) is 0 Å². The molecule has 0 unspecified atom stereocenters. The highest BCUT2D eigenvalue weighted by Crippen LogP contribution is 2.20. The number of hydrogen-bond donors (Lipinski definition) is 3.